The average Bonchev–Trinajstić information content (AvgIpc) is 3.86. The van der Waals surface area contributed by atoms with Gasteiger partial charge in [-0.3, -0.25) is 4.57 Å². The Balaban J connectivity index is 1.31. The minimum Gasteiger partial charge on any atom is -0.454 e. The fourth-order valence-electron chi connectivity index (χ4n) is 7.77. The first-order valence-electron chi connectivity index (χ1n) is 17.0. The minimum atomic E-state index is 0.565. The summed E-state index contributed by atoms with van der Waals surface area (Å²) in [5, 5.41) is 6.73. The molecule has 0 saturated heterocycles. The van der Waals surface area contributed by atoms with Crippen molar-refractivity contribution >= 4 is 65.6 Å². The Labute approximate surface area is 291 Å². The molecule has 0 radical (unpaired) electrons. The summed E-state index contributed by atoms with van der Waals surface area (Å²) >= 11 is 0. The van der Waals surface area contributed by atoms with Crippen LogP contribution >= 0.6 is 0 Å². The number of aromatic nitrogens is 5. The van der Waals surface area contributed by atoms with Crippen LogP contribution in [0.5, 0.6) is 0 Å². The molecule has 6 heteroatoms. The highest BCUT2D eigenvalue weighted by Crippen LogP contribution is 2.45. The monoisotopic (exact) mass is 653 g/mol. The van der Waals surface area contributed by atoms with Crippen molar-refractivity contribution in [2.75, 3.05) is 0 Å². The molecular weight excluding hydrogens is 627 g/mol. The summed E-state index contributed by atoms with van der Waals surface area (Å²) in [6.07, 6.45) is 0. The maximum atomic E-state index is 6.69. The summed E-state index contributed by atoms with van der Waals surface area (Å²) in [5.74, 6) is 1.81. The first-order valence-corrected chi connectivity index (χ1v) is 17.0. The summed E-state index contributed by atoms with van der Waals surface area (Å²) in [5.41, 5.74) is 8.86. The van der Waals surface area contributed by atoms with Gasteiger partial charge in [-0.1, -0.05) is 127 Å². The standard InChI is InChI=1S/C45H27N5O/c1-4-14-28(15-5-1)43-46-44(29-16-6-2-7-17-29)48-45(47-43)50-36-22-12-10-21-35(36)39-37(50)27-26-32-33-24-25-34-31-20-11-13-23-38(31)51-42(34)41(33)49(40(32)39)30-18-8-3-9-19-30/h1-27H. The van der Waals surface area contributed by atoms with Crippen molar-refractivity contribution in [3.05, 3.63) is 164 Å². The Hall–Kier alpha value is -7.05. The number of benzene rings is 7. The van der Waals surface area contributed by atoms with Crippen LogP contribution < -0.4 is 0 Å². The van der Waals surface area contributed by atoms with Crippen LogP contribution in [-0.4, -0.2) is 24.1 Å². The third-order valence-corrected chi connectivity index (χ3v) is 9.97. The van der Waals surface area contributed by atoms with E-state index in [0.29, 0.717) is 17.6 Å². The lowest BCUT2D eigenvalue weighted by atomic mass is 10.1. The van der Waals surface area contributed by atoms with Gasteiger partial charge in [0.25, 0.3) is 0 Å². The zero-order valence-electron chi connectivity index (χ0n) is 27.2. The second-order valence-electron chi connectivity index (χ2n) is 12.8. The molecule has 0 amide bonds. The van der Waals surface area contributed by atoms with Crippen molar-refractivity contribution in [3.63, 3.8) is 0 Å². The highest BCUT2D eigenvalue weighted by Gasteiger charge is 2.25. The van der Waals surface area contributed by atoms with E-state index in [1.54, 1.807) is 0 Å². The van der Waals surface area contributed by atoms with E-state index in [1.165, 1.54) is 0 Å². The zero-order chi connectivity index (χ0) is 33.5. The van der Waals surface area contributed by atoms with E-state index in [4.69, 9.17) is 19.4 Å². The number of hydrogen-bond acceptors (Lipinski definition) is 4. The number of furan rings is 1. The van der Waals surface area contributed by atoms with Crippen molar-refractivity contribution in [2.45, 2.75) is 0 Å². The molecule has 0 spiro atoms. The Morgan fingerprint density at radius 2 is 0.961 bits per heavy atom. The predicted octanol–water partition coefficient (Wildman–Crippen LogP) is 11.3. The summed E-state index contributed by atoms with van der Waals surface area (Å²) < 4.78 is 11.3. The third kappa shape index (κ3) is 4.07. The van der Waals surface area contributed by atoms with Crippen molar-refractivity contribution in [1.82, 2.24) is 24.1 Å². The lowest BCUT2D eigenvalue weighted by molar-refractivity contribution is 0.671. The fraction of sp³-hybridized carbons (Fsp3) is 0. The average molecular weight is 654 g/mol. The van der Waals surface area contributed by atoms with Gasteiger partial charge in [0.1, 0.15) is 5.58 Å². The van der Waals surface area contributed by atoms with Crippen molar-refractivity contribution in [3.8, 4) is 34.4 Å². The molecule has 51 heavy (non-hydrogen) atoms. The normalized spacial score (nSPS) is 11.9. The molecule has 0 N–H and O–H groups in total. The number of rotatable bonds is 4. The number of fused-ring (bicyclic) bond motifs is 11. The Kier molecular flexibility index (Phi) is 5.86. The molecule has 4 heterocycles. The maximum absolute atomic E-state index is 6.69. The number of nitrogens with zero attached hydrogens (tertiary/aromatic N) is 5. The number of hydrogen-bond donors (Lipinski definition) is 0. The second kappa shape index (κ2) is 10.7. The van der Waals surface area contributed by atoms with E-state index >= 15 is 0 Å². The van der Waals surface area contributed by atoms with Crippen LogP contribution in [0.15, 0.2) is 168 Å². The van der Waals surface area contributed by atoms with Gasteiger partial charge in [-0.15, -0.1) is 0 Å². The van der Waals surface area contributed by atoms with Gasteiger partial charge in [0.05, 0.1) is 22.1 Å². The van der Waals surface area contributed by atoms with E-state index in [1.807, 2.05) is 72.8 Å². The summed E-state index contributed by atoms with van der Waals surface area (Å²) in [6, 6.07) is 56.5. The van der Waals surface area contributed by atoms with Crippen LogP contribution in [0.1, 0.15) is 0 Å². The quantitative estimate of drug-likeness (QED) is 0.190. The minimum absolute atomic E-state index is 0.565. The SMILES string of the molecule is c1ccc(-c2nc(-c3ccccc3)nc(-n3c4ccccc4c4c3ccc3c5ccc6c7ccccc7oc6c5n(-c5ccccc5)c34)n2)cc1. The summed E-state index contributed by atoms with van der Waals surface area (Å²) in [4.78, 5) is 15.3. The Morgan fingerprint density at radius 3 is 1.69 bits per heavy atom. The van der Waals surface area contributed by atoms with Crippen LogP contribution in [0, 0.1) is 0 Å². The molecule has 0 fully saturated rings. The molecule has 0 aliphatic carbocycles. The van der Waals surface area contributed by atoms with Gasteiger partial charge in [0.2, 0.25) is 5.95 Å². The molecule has 11 aromatic rings. The van der Waals surface area contributed by atoms with E-state index in [2.05, 4.69) is 100 Å². The van der Waals surface area contributed by atoms with Gasteiger partial charge in [-0.25, -0.2) is 4.98 Å². The first-order chi connectivity index (χ1) is 25.3. The second-order valence-corrected chi connectivity index (χ2v) is 12.8. The zero-order valence-corrected chi connectivity index (χ0v) is 27.2. The van der Waals surface area contributed by atoms with E-state index < -0.39 is 0 Å². The maximum Gasteiger partial charge on any atom is 0.238 e. The van der Waals surface area contributed by atoms with Gasteiger partial charge < -0.3 is 8.98 Å². The molecule has 6 nitrogen and oxygen atoms in total. The Morgan fingerprint density at radius 1 is 0.392 bits per heavy atom. The van der Waals surface area contributed by atoms with Gasteiger partial charge in [0, 0.05) is 49.1 Å². The molecule has 0 unspecified atom stereocenters. The van der Waals surface area contributed by atoms with Crippen LogP contribution in [0.4, 0.5) is 0 Å². The topological polar surface area (TPSA) is 61.7 Å². The molecule has 0 aliphatic rings. The molecule has 0 aliphatic heterocycles. The van der Waals surface area contributed by atoms with Gasteiger partial charge in [-0.05, 0) is 36.4 Å². The molecule has 4 aromatic heterocycles. The number of para-hydroxylation sites is 3. The van der Waals surface area contributed by atoms with Gasteiger partial charge in [-0.2, -0.15) is 9.97 Å². The predicted molar refractivity (Wildman–Crippen MR) is 207 cm³/mol. The Bertz CT molecular complexity index is 3060. The lowest BCUT2D eigenvalue weighted by Gasteiger charge is -2.11. The van der Waals surface area contributed by atoms with Crippen LogP contribution in [0.2, 0.25) is 0 Å². The third-order valence-electron chi connectivity index (χ3n) is 9.97. The van der Waals surface area contributed by atoms with Gasteiger partial charge >= 0.3 is 0 Å². The smallest absolute Gasteiger partial charge is 0.238 e. The first kappa shape index (κ1) is 27.9. The largest absolute Gasteiger partial charge is 0.454 e. The molecule has 11 rings (SSSR count). The van der Waals surface area contributed by atoms with Crippen LogP contribution in [0.25, 0.3) is 100.0 Å². The van der Waals surface area contributed by atoms with E-state index in [-0.39, 0.29) is 0 Å². The van der Waals surface area contributed by atoms with Crippen LogP contribution in [0.3, 0.4) is 0 Å². The van der Waals surface area contributed by atoms with Crippen molar-refractivity contribution < 1.29 is 4.42 Å². The van der Waals surface area contributed by atoms with Crippen LogP contribution in [-0.2, 0) is 0 Å². The van der Waals surface area contributed by atoms with Crippen molar-refractivity contribution in [1.29, 1.82) is 0 Å². The molecule has 0 saturated carbocycles. The highest BCUT2D eigenvalue weighted by molar-refractivity contribution is 6.29. The molecule has 0 atom stereocenters. The van der Waals surface area contributed by atoms with E-state index in [0.717, 1.165) is 82.4 Å². The summed E-state index contributed by atoms with van der Waals surface area (Å²) in [6.45, 7) is 0. The molecular formula is C45H27N5O. The van der Waals surface area contributed by atoms with Gasteiger partial charge in [0.15, 0.2) is 17.2 Å². The molecule has 0 bridgehead atoms. The molecule has 7 aromatic carbocycles. The lowest BCUT2D eigenvalue weighted by Crippen LogP contribution is -2.06. The van der Waals surface area contributed by atoms with E-state index in [9.17, 15) is 0 Å². The van der Waals surface area contributed by atoms with Crippen molar-refractivity contribution in [2.24, 2.45) is 0 Å². The fourth-order valence-corrected chi connectivity index (χ4v) is 7.77. The molecule has 238 valence electrons. The summed E-state index contributed by atoms with van der Waals surface area (Å²) in [7, 11) is 0. The highest BCUT2D eigenvalue weighted by atomic mass is 16.3.